The minimum absolute atomic E-state index is 0.105. The van der Waals surface area contributed by atoms with Crippen LogP contribution in [0.5, 0.6) is 0 Å². The van der Waals surface area contributed by atoms with Crippen molar-refractivity contribution >= 4 is 23.2 Å². The lowest BCUT2D eigenvalue weighted by Crippen LogP contribution is -2.33. The topological polar surface area (TPSA) is 67.2 Å². The van der Waals surface area contributed by atoms with Gasteiger partial charge in [-0.2, -0.15) is 5.10 Å². The van der Waals surface area contributed by atoms with E-state index in [1.54, 1.807) is 22.1 Å². The second kappa shape index (κ2) is 8.39. The molecule has 0 aliphatic carbocycles. The van der Waals surface area contributed by atoms with Gasteiger partial charge in [-0.25, -0.2) is 4.68 Å². The Labute approximate surface area is 167 Å². The quantitative estimate of drug-likeness (QED) is 0.697. The molecule has 0 spiro atoms. The average molecular weight is 395 g/mol. The molecule has 0 unspecified atom stereocenters. The van der Waals surface area contributed by atoms with E-state index in [1.165, 1.54) is 0 Å². The van der Waals surface area contributed by atoms with E-state index in [0.29, 0.717) is 18.7 Å². The van der Waals surface area contributed by atoms with Crippen LogP contribution >= 0.6 is 11.3 Å². The molecular formula is C21H22N4O2S. The van der Waals surface area contributed by atoms with Crippen molar-refractivity contribution in [2.45, 2.75) is 19.3 Å². The van der Waals surface area contributed by atoms with Crippen molar-refractivity contribution in [2.75, 3.05) is 19.6 Å². The van der Waals surface area contributed by atoms with Crippen LogP contribution in [0.25, 0.3) is 16.3 Å². The zero-order valence-corrected chi connectivity index (χ0v) is 16.3. The summed E-state index contributed by atoms with van der Waals surface area (Å²) in [5.74, 6) is -0.123. The van der Waals surface area contributed by atoms with Crippen LogP contribution < -0.4 is 5.32 Å². The predicted octanol–water partition coefficient (Wildman–Crippen LogP) is 3.34. The summed E-state index contributed by atoms with van der Waals surface area (Å²) in [7, 11) is 0. The summed E-state index contributed by atoms with van der Waals surface area (Å²) >= 11 is 1.58. The highest BCUT2D eigenvalue weighted by molar-refractivity contribution is 7.13. The van der Waals surface area contributed by atoms with Gasteiger partial charge < -0.3 is 10.2 Å². The van der Waals surface area contributed by atoms with Gasteiger partial charge in [0.1, 0.15) is 11.4 Å². The maximum atomic E-state index is 12.8. The number of likely N-dealkylation sites (tertiary alicyclic amines) is 1. The molecule has 1 N–H and O–H groups in total. The normalized spacial score (nSPS) is 13.6. The maximum Gasteiger partial charge on any atom is 0.270 e. The first kappa shape index (κ1) is 18.4. The Balaban J connectivity index is 1.50. The van der Waals surface area contributed by atoms with Gasteiger partial charge in [-0.1, -0.05) is 24.3 Å². The second-order valence-corrected chi connectivity index (χ2v) is 7.68. The van der Waals surface area contributed by atoms with Crippen molar-refractivity contribution in [3.05, 3.63) is 59.6 Å². The number of para-hydroxylation sites is 1. The fourth-order valence-corrected chi connectivity index (χ4v) is 4.03. The fraction of sp³-hybridized carbons (Fsp3) is 0.286. The van der Waals surface area contributed by atoms with Gasteiger partial charge in [0.25, 0.3) is 5.91 Å². The zero-order chi connectivity index (χ0) is 19.3. The highest BCUT2D eigenvalue weighted by Gasteiger charge is 2.20. The van der Waals surface area contributed by atoms with E-state index in [4.69, 9.17) is 0 Å². The van der Waals surface area contributed by atoms with E-state index in [0.717, 1.165) is 42.2 Å². The Hall–Kier alpha value is -2.93. The molecule has 0 atom stereocenters. The van der Waals surface area contributed by atoms with E-state index >= 15 is 0 Å². The van der Waals surface area contributed by atoms with Gasteiger partial charge in [-0.15, -0.1) is 11.3 Å². The Morgan fingerprint density at radius 2 is 1.86 bits per heavy atom. The standard InChI is InChI=1S/C21H22N4O2S/c26-20(24-12-4-5-13-24)10-11-22-21(27)18-15-17(19-9-6-14-28-19)23-25(18)16-7-2-1-3-8-16/h1-3,6-9,14-15H,4-5,10-13H2,(H,22,27). The van der Waals surface area contributed by atoms with Crippen LogP contribution in [0.3, 0.4) is 0 Å². The van der Waals surface area contributed by atoms with Gasteiger partial charge >= 0.3 is 0 Å². The third-order valence-corrected chi connectivity index (χ3v) is 5.69. The summed E-state index contributed by atoms with van der Waals surface area (Å²) < 4.78 is 1.66. The number of carbonyl (C=O) groups is 2. The first-order valence-electron chi connectivity index (χ1n) is 9.48. The van der Waals surface area contributed by atoms with E-state index in [1.807, 2.05) is 52.7 Å². The molecule has 4 rings (SSSR count). The van der Waals surface area contributed by atoms with Crippen LogP contribution in [0.1, 0.15) is 29.8 Å². The van der Waals surface area contributed by atoms with Crippen LogP contribution in [-0.4, -0.2) is 46.1 Å². The third-order valence-electron chi connectivity index (χ3n) is 4.80. The number of nitrogens with one attached hydrogen (secondary N) is 1. The Morgan fingerprint density at radius 3 is 2.57 bits per heavy atom. The van der Waals surface area contributed by atoms with Crippen LogP contribution in [-0.2, 0) is 4.79 Å². The lowest BCUT2D eigenvalue weighted by molar-refractivity contribution is -0.129. The molecule has 3 aromatic rings. The molecule has 144 valence electrons. The molecule has 3 heterocycles. The minimum atomic E-state index is -0.228. The zero-order valence-electron chi connectivity index (χ0n) is 15.5. The van der Waals surface area contributed by atoms with Gasteiger partial charge in [-0.05, 0) is 42.5 Å². The summed E-state index contributed by atoms with van der Waals surface area (Å²) in [6.45, 7) is 1.98. The number of thiophene rings is 1. The minimum Gasteiger partial charge on any atom is -0.350 e. The van der Waals surface area contributed by atoms with Crippen molar-refractivity contribution < 1.29 is 9.59 Å². The predicted molar refractivity (Wildman–Crippen MR) is 110 cm³/mol. The lowest BCUT2D eigenvalue weighted by atomic mass is 10.2. The van der Waals surface area contributed by atoms with Crippen molar-refractivity contribution in [3.63, 3.8) is 0 Å². The number of aromatic nitrogens is 2. The van der Waals surface area contributed by atoms with Crippen molar-refractivity contribution in [3.8, 4) is 16.3 Å². The number of amides is 2. The summed E-state index contributed by atoms with van der Waals surface area (Å²) in [5, 5.41) is 9.51. The summed E-state index contributed by atoms with van der Waals surface area (Å²) in [5.41, 5.74) is 2.05. The number of nitrogens with zero attached hydrogens (tertiary/aromatic N) is 3. The fourth-order valence-electron chi connectivity index (χ4n) is 3.35. The SMILES string of the molecule is O=C(NCCC(=O)N1CCCC1)c1cc(-c2cccs2)nn1-c1ccccc1. The van der Waals surface area contributed by atoms with Crippen LogP contribution in [0.2, 0.25) is 0 Å². The first-order valence-corrected chi connectivity index (χ1v) is 10.4. The molecule has 0 radical (unpaired) electrons. The molecule has 2 amide bonds. The Bertz CT molecular complexity index is 944. The molecular weight excluding hydrogens is 372 g/mol. The largest absolute Gasteiger partial charge is 0.350 e. The van der Waals surface area contributed by atoms with E-state index in [2.05, 4.69) is 10.4 Å². The van der Waals surface area contributed by atoms with E-state index in [-0.39, 0.29) is 11.8 Å². The molecule has 1 aliphatic rings. The molecule has 1 aromatic carbocycles. The number of hydrogen-bond acceptors (Lipinski definition) is 4. The number of carbonyl (C=O) groups excluding carboxylic acids is 2. The smallest absolute Gasteiger partial charge is 0.270 e. The van der Waals surface area contributed by atoms with Crippen LogP contribution in [0.15, 0.2) is 53.9 Å². The Morgan fingerprint density at radius 1 is 1.07 bits per heavy atom. The maximum absolute atomic E-state index is 12.8. The van der Waals surface area contributed by atoms with Gasteiger partial charge in [-0.3, -0.25) is 9.59 Å². The van der Waals surface area contributed by atoms with Crippen molar-refractivity contribution in [2.24, 2.45) is 0 Å². The summed E-state index contributed by atoms with van der Waals surface area (Å²) in [6.07, 6.45) is 2.46. The van der Waals surface area contributed by atoms with Crippen LogP contribution in [0.4, 0.5) is 0 Å². The monoisotopic (exact) mass is 394 g/mol. The van der Waals surface area contributed by atoms with Gasteiger partial charge in [0.15, 0.2) is 0 Å². The molecule has 0 bridgehead atoms. The van der Waals surface area contributed by atoms with Crippen molar-refractivity contribution in [1.29, 1.82) is 0 Å². The molecule has 7 heteroatoms. The molecule has 1 saturated heterocycles. The van der Waals surface area contributed by atoms with E-state index < -0.39 is 0 Å². The second-order valence-electron chi connectivity index (χ2n) is 6.73. The number of hydrogen-bond donors (Lipinski definition) is 1. The molecule has 0 saturated carbocycles. The van der Waals surface area contributed by atoms with Crippen LogP contribution in [0, 0.1) is 0 Å². The van der Waals surface area contributed by atoms with E-state index in [9.17, 15) is 9.59 Å². The molecule has 28 heavy (non-hydrogen) atoms. The van der Waals surface area contributed by atoms with Gasteiger partial charge in [0.2, 0.25) is 5.91 Å². The third kappa shape index (κ3) is 3.99. The highest BCUT2D eigenvalue weighted by Crippen LogP contribution is 2.25. The Kier molecular flexibility index (Phi) is 5.53. The summed E-state index contributed by atoms with van der Waals surface area (Å²) in [4.78, 5) is 27.9. The number of rotatable bonds is 6. The lowest BCUT2D eigenvalue weighted by Gasteiger charge is -2.15. The summed E-state index contributed by atoms with van der Waals surface area (Å²) in [6, 6.07) is 15.3. The average Bonchev–Trinajstić information content (AvgIpc) is 3.49. The first-order chi connectivity index (χ1) is 13.7. The molecule has 1 fully saturated rings. The van der Waals surface area contributed by atoms with Crippen molar-refractivity contribution in [1.82, 2.24) is 20.0 Å². The highest BCUT2D eigenvalue weighted by atomic mass is 32.1. The van der Waals surface area contributed by atoms with Gasteiger partial charge in [0, 0.05) is 26.1 Å². The number of benzene rings is 1. The molecule has 6 nitrogen and oxygen atoms in total. The molecule has 2 aromatic heterocycles. The molecule has 1 aliphatic heterocycles. The van der Waals surface area contributed by atoms with Gasteiger partial charge in [0.05, 0.1) is 10.6 Å².